The second-order valence-corrected chi connectivity index (χ2v) is 8.31. The van der Waals surface area contributed by atoms with Gasteiger partial charge in [0.1, 0.15) is 11.5 Å². The first kappa shape index (κ1) is 25.6. The number of aromatic nitrogens is 1. The van der Waals surface area contributed by atoms with Crippen molar-refractivity contribution in [2.75, 3.05) is 0 Å². The van der Waals surface area contributed by atoms with E-state index in [9.17, 15) is 14.4 Å². The highest BCUT2D eigenvalue weighted by molar-refractivity contribution is 6.31. The molecule has 0 bridgehead atoms. The lowest BCUT2D eigenvalue weighted by Gasteiger charge is -2.11. The van der Waals surface area contributed by atoms with Gasteiger partial charge in [0.25, 0.3) is 5.91 Å². The third-order valence-corrected chi connectivity index (χ3v) is 5.36. The van der Waals surface area contributed by atoms with Crippen LogP contribution in [0, 0.1) is 0 Å². The zero-order valence-corrected chi connectivity index (χ0v) is 20.4. The first-order valence-corrected chi connectivity index (χ1v) is 11.5. The fourth-order valence-electron chi connectivity index (χ4n) is 2.99. The third-order valence-electron chi connectivity index (χ3n) is 4.85. The second-order valence-electron chi connectivity index (χ2n) is 7.43. The minimum atomic E-state index is -0.674. The largest absolute Gasteiger partial charge is 0.423 e. The van der Waals surface area contributed by atoms with Crippen LogP contribution in [0.25, 0.3) is 0 Å². The molecule has 0 spiro atoms. The van der Waals surface area contributed by atoms with Crippen molar-refractivity contribution < 1.29 is 23.9 Å². The van der Waals surface area contributed by atoms with Crippen LogP contribution in [-0.4, -0.2) is 29.0 Å². The average Bonchev–Trinajstić information content (AvgIpc) is 2.91. The van der Waals surface area contributed by atoms with Gasteiger partial charge in [0, 0.05) is 34.1 Å². The maximum atomic E-state index is 12.7. The molecule has 0 radical (unpaired) electrons. The maximum Gasteiger partial charge on any atom is 0.343 e. The fourth-order valence-corrected chi connectivity index (χ4v) is 3.24. The van der Waals surface area contributed by atoms with Crippen LogP contribution in [0.5, 0.6) is 11.5 Å². The van der Waals surface area contributed by atoms with Crippen molar-refractivity contribution in [3.63, 3.8) is 0 Å². The van der Waals surface area contributed by atoms with Gasteiger partial charge in [0.05, 0.1) is 22.9 Å². The molecule has 8 nitrogen and oxygen atoms in total. The van der Waals surface area contributed by atoms with Crippen LogP contribution in [0.3, 0.4) is 0 Å². The van der Waals surface area contributed by atoms with Crippen molar-refractivity contribution in [2.24, 2.45) is 5.10 Å². The number of ether oxygens (including phenoxy) is 2. The van der Waals surface area contributed by atoms with E-state index in [0.29, 0.717) is 21.2 Å². The van der Waals surface area contributed by atoms with Crippen LogP contribution < -0.4 is 14.9 Å². The first-order chi connectivity index (χ1) is 17.9. The third kappa shape index (κ3) is 7.00. The van der Waals surface area contributed by atoms with Gasteiger partial charge in [-0.2, -0.15) is 5.10 Å². The van der Waals surface area contributed by atoms with E-state index in [2.05, 4.69) is 15.5 Å². The second kappa shape index (κ2) is 11.9. The number of benzene rings is 3. The van der Waals surface area contributed by atoms with Crippen LogP contribution in [0.4, 0.5) is 0 Å². The summed E-state index contributed by atoms with van der Waals surface area (Å²) >= 11 is 11.8. The molecule has 37 heavy (non-hydrogen) atoms. The predicted octanol–water partition coefficient (Wildman–Crippen LogP) is 5.59. The van der Waals surface area contributed by atoms with Crippen molar-refractivity contribution in [3.8, 4) is 11.5 Å². The van der Waals surface area contributed by atoms with Gasteiger partial charge in [-0.3, -0.25) is 9.78 Å². The van der Waals surface area contributed by atoms with E-state index in [-0.39, 0.29) is 22.6 Å². The molecule has 0 saturated heterocycles. The molecule has 0 aliphatic heterocycles. The summed E-state index contributed by atoms with van der Waals surface area (Å²) in [6, 6.07) is 19.9. The summed E-state index contributed by atoms with van der Waals surface area (Å²) in [6.45, 7) is 0. The Morgan fingerprint density at radius 1 is 0.784 bits per heavy atom. The average molecular weight is 534 g/mol. The van der Waals surface area contributed by atoms with Crippen molar-refractivity contribution in [1.82, 2.24) is 10.4 Å². The summed E-state index contributed by atoms with van der Waals surface area (Å²) in [4.78, 5) is 41.3. The molecule has 0 aliphatic rings. The van der Waals surface area contributed by atoms with Crippen LogP contribution in [0.1, 0.15) is 36.6 Å². The molecular formula is C27H17Cl2N3O5. The fraction of sp³-hybridized carbons (Fsp3) is 0. The number of esters is 2. The Morgan fingerprint density at radius 2 is 1.41 bits per heavy atom. The molecule has 0 aliphatic carbocycles. The molecule has 3 aromatic carbocycles. The maximum absolute atomic E-state index is 12.7. The molecular weight excluding hydrogens is 517 g/mol. The van der Waals surface area contributed by atoms with Crippen LogP contribution in [0.15, 0.2) is 96.4 Å². The Balaban J connectivity index is 1.56. The summed E-state index contributed by atoms with van der Waals surface area (Å²) < 4.78 is 11.0. The number of rotatable bonds is 7. The SMILES string of the molecule is O=C(N/N=C/c1ccc(OC(=O)c2ccc(Cl)cc2)cc1OC(=O)c1ccc(Cl)cc1)c1cccnc1. The number of hydrazone groups is 1. The monoisotopic (exact) mass is 533 g/mol. The predicted molar refractivity (Wildman–Crippen MR) is 139 cm³/mol. The van der Waals surface area contributed by atoms with Crippen molar-refractivity contribution in [2.45, 2.75) is 0 Å². The summed E-state index contributed by atoms with van der Waals surface area (Å²) in [6.07, 6.45) is 4.24. The molecule has 184 valence electrons. The van der Waals surface area contributed by atoms with Gasteiger partial charge in [-0.25, -0.2) is 15.0 Å². The van der Waals surface area contributed by atoms with Crippen molar-refractivity contribution >= 4 is 47.3 Å². The molecule has 1 aromatic heterocycles. The highest BCUT2D eigenvalue weighted by Gasteiger charge is 2.15. The molecule has 1 heterocycles. The van der Waals surface area contributed by atoms with Gasteiger partial charge in [-0.1, -0.05) is 23.2 Å². The zero-order chi connectivity index (χ0) is 26.2. The van der Waals surface area contributed by atoms with Crippen LogP contribution in [0.2, 0.25) is 10.0 Å². The van der Waals surface area contributed by atoms with Gasteiger partial charge >= 0.3 is 11.9 Å². The number of nitrogens with one attached hydrogen (secondary N) is 1. The summed E-state index contributed by atoms with van der Waals surface area (Å²) in [5, 5.41) is 4.88. The normalized spacial score (nSPS) is 10.6. The highest BCUT2D eigenvalue weighted by atomic mass is 35.5. The Hall–Kier alpha value is -4.53. The van der Waals surface area contributed by atoms with Crippen LogP contribution in [-0.2, 0) is 0 Å². The molecule has 4 aromatic rings. The number of pyridine rings is 1. The van der Waals surface area contributed by atoms with E-state index in [0.717, 1.165) is 0 Å². The van der Waals surface area contributed by atoms with Gasteiger partial charge in [0.2, 0.25) is 0 Å². The summed E-state index contributed by atoms with van der Waals surface area (Å²) in [5.74, 6) is -1.61. The molecule has 0 atom stereocenters. The smallest absolute Gasteiger partial charge is 0.343 e. The van der Waals surface area contributed by atoms with E-state index >= 15 is 0 Å². The Labute approximate surface area is 221 Å². The van der Waals surface area contributed by atoms with E-state index < -0.39 is 17.8 Å². The first-order valence-electron chi connectivity index (χ1n) is 10.7. The molecule has 10 heteroatoms. The minimum Gasteiger partial charge on any atom is -0.423 e. The zero-order valence-electron chi connectivity index (χ0n) is 18.9. The molecule has 0 fully saturated rings. The van der Waals surface area contributed by atoms with Gasteiger partial charge in [-0.05, 0) is 72.8 Å². The lowest BCUT2D eigenvalue weighted by atomic mass is 10.2. The summed E-state index contributed by atoms with van der Waals surface area (Å²) in [7, 11) is 0. The van der Waals surface area contributed by atoms with E-state index in [1.807, 2.05) is 0 Å². The number of nitrogens with zero attached hydrogens (tertiary/aromatic N) is 2. The number of halogens is 2. The van der Waals surface area contributed by atoms with Gasteiger partial charge < -0.3 is 9.47 Å². The van der Waals surface area contributed by atoms with E-state index in [4.69, 9.17) is 32.7 Å². The van der Waals surface area contributed by atoms with Gasteiger partial charge in [-0.15, -0.1) is 0 Å². The van der Waals surface area contributed by atoms with E-state index in [1.165, 1.54) is 54.9 Å². The molecule has 4 rings (SSSR count). The van der Waals surface area contributed by atoms with E-state index in [1.54, 1.807) is 42.6 Å². The van der Waals surface area contributed by atoms with Gasteiger partial charge in [0.15, 0.2) is 0 Å². The molecule has 1 N–H and O–H groups in total. The highest BCUT2D eigenvalue weighted by Crippen LogP contribution is 2.26. The number of carbonyl (C=O) groups is 3. The van der Waals surface area contributed by atoms with Crippen molar-refractivity contribution in [3.05, 3.63) is 124 Å². The Morgan fingerprint density at radius 3 is 2.00 bits per heavy atom. The quantitative estimate of drug-likeness (QED) is 0.143. The number of amides is 1. The number of carbonyl (C=O) groups excluding carboxylic acids is 3. The molecule has 0 saturated carbocycles. The Bertz CT molecular complexity index is 1460. The Kier molecular flexibility index (Phi) is 8.25. The number of hydrogen-bond acceptors (Lipinski definition) is 7. The van der Waals surface area contributed by atoms with Crippen LogP contribution >= 0.6 is 23.2 Å². The summed E-state index contributed by atoms with van der Waals surface area (Å²) in [5.41, 5.74) is 3.57. The van der Waals surface area contributed by atoms with Crippen molar-refractivity contribution in [1.29, 1.82) is 0 Å². The topological polar surface area (TPSA) is 107 Å². The molecule has 0 unspecified atom stereocenters. The minimum absolute atomic E-state index is 0.0423. The standard InChI is InChI=1S/C27H17Cl2N3O5/c28-21-8-3-17(4-9-21)26(34)36-23-12-7-19(16-31-32-25(33)20-2-1-13-30-15-20)24(14-23)37-27(35)18-5-10-22(29)11-6-18/h1-16H,(H,32,33)/b31-16+. The lowest BCUT2D eigenvalue weighted by molar-refractivity contribution is 0.0732. The molecule has 1 amide bonds. The number of hydrogen-bond donors (Lipinski definition) is 1. The lowest BCUT2D eigenvalue weighted by Crippen LogP contribution is -2.18.